The SMILES string of the molecule is CC(=O)OCC(C)CC1=C2CC[C@@H]3[C@@H](CC[C@]4(C)C(=O)CC[C@@H]34)[C@@]2(C)CCC1=O. The van der Waals surface area contributed by atoms with Gasteiger partial charge in [0.15, 0.2) is 5.78 Å². The number of hydrogen-bond donors (Lipinski definition) is 0. The normalized spacial score (nSPS) is 40.2. The van der Waals surface area contributed by atoms with Gasteiger partial charge in [0.1, 0.15) is 5.78 Å². The molecule has 0 aromatic heterocycles. The lowest BCUT2D eigenvalue weighted by molar-refractivity contribution is -0.142. The molecule has 29 heavy (non-hydrogen) atoms. The number of allylic oxidation sites excluding steroid dienone is 1. The third kappa shape index (κ3) is 3.31. The number of ketones is 2. The zero-order chi connectivity index (χ0) is 21.0. The van der Waals surface area contributed by atoms with Crippen molar-refractivity contribution >= 4 is 17.5 Å². The summed E-state index contributed by atoms with van der Waals surface area (Å²) in [6.45, 7) is 8.51. The fourth-order valence-corrected chi connectivity index (χ4v) is 7.50. The summed E-state index contributed by atoms with van der Waals surface area (Å²) >= 11 is 0. The molecule has 4 nitrogen and oxygen atoms in total. The summed E-state index contributed by atoms with van der Waals surface area (Å²) in [6.07, 6.45) is 8.41. The van der Waals surface area contributed by atoms with Gasteiger partial charge in [0, 0.05) is 25.2 Å². The first kappa shape index (κ1) is 20.8. The molecule has 160 valence electrons. The third-order valence-electron chi connectivity index (χ3n) is 9.08. The fourth-order valence-electron chi connectivity index (χ4n) is 7.50. The molecule has 4 aliphatic rings. The number of carbonyl (C=O) groups is 3. The number of Topliss-reactive ketones (excluding diaryl/α,β-unsaturated/α-hetero) is 2. The zero-order valence-corrected chi connectivity index (χ0v) is 18.5. The van der Waals surface area contributed by atoms with E-state index in [-0.39, 0.29) is 22.7 Å². The highest BCUT2D eigenvalue weighted by Gasteiger charge is 2.59. The van der Waals surface area contributed by atoms with E-state index in [4.69, 9.17) is 4.74 Å². The second-order valence-corrected chi connectivity index (χ2v) is 10.7. The van der Waals surface area contributed by atoms with Gasteiger partial charge in [-0.1, -0.05) is 26.3 Å². The predicted molar refractivity (Wildman–Crippen MR) is 111 cm³/mol. The molecular weight excluding hydrogens is 364 g/mol. The summed E-state index contributed by atoms with van der Waals surface area (Å²) in [5, 5.41) is 0. The number of esters is 1. The summed E-state index contributed by atoms with van der Waals surface area (Å²) in [7, 11) is 0. The van der Waals surface area contributed by atoms with Crippen molar-refractivity contribution in [2.24, 2.45) is 34.5 Å². The molecule has 0 saturated heterocycles. The molecule has 4 rings (SSSR count). The van der Waals surface area contributed by atoms with Gasteiger partial charge in [-0.25, -0.2) is 0 Å². The first-order valence-electron chi connectivity index (χ1n) is 11.6. The molecule has 0 N–H and O–H groups in total. The Morgan fingerprint density at radius 3 is 2.48 bits per heavy atom. The Hall–Kier alpha value is -1.45. The van der Waals surface area contributed by atoms with E-state index in [2.05, 4.69) is 20.8 Å². The van der Waals surface area contributed by atoms with Crippen LogP contribution in [0.1, 0.15) is 85.5 Å². The van der Waals surface area contributed by atoms with Crippen LogP contribution in [0.15, 0.2) is 11.1 Å². The van der Waals surface area contributed by atoms with Crippen LogP contribution in [-0.2, 0) is 19.1 Å². The molecule has 0 heterocycles. The Bertz CT molecular complexity index is 765. The second-order valence-electron chi connectivity index (χ2n) is 10.7. The van der Waals surface area contributed by atoms with Gasteiger partial charge < -0.3 is 4.74 Å². The lowest BCUT2D eigenvalue weighted by atomic mass is 9.46. The number of rotatable bonds is 4. The molecule has 0 aromatic carbocycles. The molecule has 6 atom stereocenters. The lowest BCUT2D eigenvalue weighted by Gasteiger charge is -2.57. The zero-order valence-electron chi connectivity index (χ0n) is 18.5. The van der Waals surface area contributed by atoms with Gasteiger partial charge in [-0.15, -0.1) is 0 Å². The molecular formula is C25H36O4. The van der Waals surface area contributed by atoms with Gasteiger partial charge in [0.05, 0.1) is 6.61 Å². The minimum absolute atomic E-state index is 0.0927. The lowest BCUT2D eigenvalue weighted by Crippen LogP contribution is -2.51. The molecule has 3 saturated carbocycles. The first-order chi connectivity index (χ1) is 13.7. The number of carbonyl (C=O) groups excluding carboxylic acids is 3. The van der Waals surface area contributed by atoms with Gasteiger partial charge in [0.2, 0.25) is 0 Å². The van der Waals surface area contributed by atoms with Crippen LogP contribution in [0.5, 0.6) is 0 Å². The van der Waals surface area contributed by atoms with Crippen molar-refractivity contribution in [2.75, 3.05) is 6.61 Å². The summed E-state index contributed by atoms with van der Waals surface area (Å²) < 4.78 is 5.19. The van der Waals surface area contributed by atoms with Gasteiger partial charge in [-0.2, -0.15) is 0 Å². The summed E-state index contributed by atoms with van der Waals surface area (Å²) in [5.74, 6) is 2.47. The summed E-state index contributed by atoms with van der Waals surface area (Å²) in [6, 6.07) is 0. The van der Waals surface area contributed by atoms with Crippen LogP contribution in [0.2, 0.25) is 0 Å². The molecule has 3 fully saturated rings. The fraction of sp³-hybridized carbons (Fsp3) is 0.800. The van der Waals surface area contributed by atoms with Gasteiger partial charge in [-0.3, -0.25) is 14.4 Å². The van der Waals surface area contributed by atoms with Crippen molar-refractivity contribution in [1.29, 1.82) is 0 Å². The molecule has 0 aromatic rings. The highest BCUT2D eigenvalue weighted by Crippen LogP contribution is 2.65. The quantitative estimate of drug-likeness (QED) is 0.620. The maximum absolute atomic E-state index is 12.9. The maximum Gasteiger partial charge on any atom is 0.302 e. The maximum atomic E-state index is 12.9. The van der Waals surface area contributed by atoms with Crippen molar-refractivity contribution in [2.45, 2.75) is 85.5 Å². The number of fused-ring (bicyclic) bond motifs is 5. The van der Waals surface area contributed by atoms with Crippen LogP contribution in [0.25, 0.3) is 0 Å². The molecule has 0 amide bonds. The Morgan fingerprint density at radius 2 is 1.76 bits per heavy atom. The smallest absolute Gasteiger partial charge is 0.302 e. The minimum atomic E-state index is -0.258. The molecule has 1 unspecified atom stereocenters. The number of hydrogen-bond acceptors (Lipinski definition) is 4. The van der Waals surface area contributed by atoms with Crippen LogP contribution in [0.3, 0.4) is 0 Å². The molecule has 0 radical (unpaired) electrons. The van der Waals surface area contributed by atoms with E-state index in [0.717, 1.165) is 50.5 Å². The highest BCUT2D eigenvalue weighted by atomic mass is 16.5. The topological polar surface area (TPSA) is 60.4 Å². The van der Waals surface area contributed by atoms with Crippen LogP contribution in [0.4, 0.5) is 0 Å². The molecule has 4 heteroatoms. The standard InChI is InChI=1S/C25H36O4/c1-15(14-29-16(2)26)13-18-20-6-5-17-19-7-8-23(28)25(19,4)11-9-21(17)24(20,3)12-10-22(18)27/h15,17,19,21H,5-14H2,1-4H3/t15?,17-,19-,21+,24-,25-/m0/s1. The first-order valence-corrected chi connectivity index (χ1v) is 11.6. The Kier molecular flexibility index (Phi) is 5.28. The molecule has 0 spiro atoms. The van der Waals surface area contributed by atoms with E-state index < -0.39 is 0 Å². The second kappa shape index (κ2) is 7.35. The highest BCUT2D eigenvalue weighted by molar-refractivity contribution is 5.97. The van der Waals surface area contributed by atoms with Gasteiger partial charge in [-0.05, 0) is 79.6 Å². The van der Waals surface area contributed by atoms with Crippen LogP contribution in [0, 0.1) is 34.5 Å². The molecule has 0 aliphatic heterocycles. The Balaban J connectivity index is 1.61. The Labute approximate surface area is 174 Å². The Morgan fingerprint density at radius 1 is 1.03 bits per heavy atom. The number of ether oxygens (including phenoxy) is 1. The van der Waals surface area contributed by atoms with Crippen molar-refractivity contribution < 1.29 is 19.1 Å². The summed E-state index contributed by atoms with van der Waals surface area (Å²) in [5.41, 5.74) is 2.44. The van der Waals surface area contributed by atoms with E-state index in [1.54, 1.807) is 0 Å². The average Bonchev–Trinajstić information content (AvgIpc) is 2.98. The third-order valence-corrected chi connectivity index (χ3v) is 9.08. The molecule has 4 aliphatic carbocycles. The predicted octanol–water partition coefficient (Wildman–Crippen LogP) is 5.05. The van der Waals surface area contributed by atoms with Crippen molar-refractivity contribution in [3.05, 3.63) is 11.1 Å². The van der Waals surface area contributed by atoms with Crippen LogP contribution >= 0.6 is 0 Å². The van der Waals surface area contributed by atoms with Gasteiger partial charge >= 0.3 is 5.97 Å². The van der Waals surface area contributed by atoms with Crippen molar-refractivity contribution in [3.63, 3.8) is 0 Å². The van der Waals surface area contributed by atoms with Crippen molar-refractivity contribution in [3.8, 4) is 0 Å². The van der Waals surface area contributed by atoms with E-state index in [1.807, 2.05) is 0 Å². The van der Waals surface area contributed by atoms with E-state index in [1.165, 1.54) is 12.5 Å². The van der Waals surface area contributed by atoms with Crippen LogP contribution < -0.4 is 0 Å². The van der Waals surface area contributed by atoms with E-state index >= 15 is 0 Å². The van der Waals surface area contributed by atoms with Crippen LogP contribution in [-0.4, -0.2) is 24.1 Å². The summed E-state index contributed by atoms with van der Waals surface area (Å²) in [4.78, 5) is 36.7. The van der Waals surface area contributed by atoms with E-state index in [9.17, 15) is 14.4 Å². The average molecular weight is 401 g/mol. The van der Waals surface area contributed by atoms with Gasteiger partial charge in [0.25, 0.3) is 0 Å². The van der Waals surface area contributed by atoms with Crippen molar-refractivity contribution in [1.82, 2.24) is 0 Å². The monoisotopic (exact) mass is 400 g/mol. The van der Waals surface area contributed by atoms with E-state index in [0.29, 0.717) is 48.8 Å². The minimum Gasteiger partial charge on any atom is -0.466 e. The largest absolute Gasteiger partial charge is 0.466 e. The molecule has 0 bridgehead atoms.